The molecular formula is C21H41ClN2. The van der Waals surface area contributed by atoms with E-state index in [1.165, 1.54) is 95.7 Å². The van der Waals surface area contributed by atoms with Crippen LogP contribution in [0.15, 0.2) is 12.4 Å². The first-order valence-electron chi connectivity index (χ1n) is 10.2. The monoisotopic (exact) mass is 356 g/mol. The van der Waals surface area contributed by atoms with Crippen molar-refractivity contribution >= 4 is 12.4 Å². The number of rotatable bonds is 15. The standard InChI is InChI=1S/C21H40N2.ClH/c1-4-5-6-7-8-9-10-11-12-13-14-15-16-17-20(2)21-22-18-19-23(21)3;/h18-20H,4-17H2,1-3H3;1H. The molecule has 0 aliphatic carbocycles. The van der Waals surface area contributed by atoms with Crippen molar-refractivity contribution in [2.75, 3.05) is 0 Å². The van der Waals surface area contributed by atoms with E-state index in [0.29, 0.717) is 5.92 Å². The molecule has 142 valence electrons. The van der Waals surface area contributed by atoms with Gasteiger partial charge in [0.2, 0.25) is 0 Å². The lowest BCUT2D eigenvalue weighted by atomic mass is 10.0. The van der Waals surface area contributed by atoms with Gasteiger partial charge < -0.3 is 4.57 Å². The second kappa shape index (κ2) is 16.0. The fourth-order valence-electron chi connectivity index (χ4n) is 3.45. The molecule has 1 atom stereocenters. The summed E-state index contributed by atoms with van der Waals surface area (Å²) in [7, 11) is 2.10. The smallest absolute Gasteiger partial charge is 0.111 e. The molecule has 0 radical (unpaired) electrons. The van der Waals surface area contributed by atoms with Crippen molar-refractivity contribution in [3.05, 3.63) is 18.2 Å². The highest BCUT2D eigenvalue weighted by Gasteiger charge is 2.09. The Kier molecular flexibility index (Phi) is 15.7. The Labute approximate surface area is 157 Å². The summed E-state index contributed by atoms with van der Waals surface area (Å²) in [6.07, 6.45) is 23.8. The van der Waals surface area contributed by atoms with Gasteiger partial charge in [0, 0.05) is 25.4 Å². The summed E-state index contributed by atoms with van der Waals surface area (Å²) in [6.45, 7) is 4.60. The fraction of sp³-hybridized carbons (Fsp3) is 0.857. The van der Waals surface area contributed by atoms with Crippen molar-refractivity contribution in [3.8, 4) is 0 Å². The highest BCUT2D eigenvalue weighted by Crippen LogP contribution is 2.20. The van der Waals surface area contributed by atoms with Gasteiger partial charge in [0.15, 0.2) is 0 Å². The SMILES string of the molecule is CCCCCCCCCCCCCCCC(C)c1nccn1C.Cl. The topological polar surface area (TPSA) is 17.8 Å². The van der Waals surface area contributed by atoms with Crippen molar-refractivity contribution in [1.29, 1.82) is 0 Å². The zero-order chi connectivity index (χ0) is 16.8. The summed E-state index contributed by atoms with van der Waals surface area (Å²) in [5, 5.41) is 0. The van der Waals surface area contributed by atoms with Gasteiger partial charge in [0.25, 0.3) is 0 Å². The van der Waals surface area contributed by atoms with E-state index in [4.69, 9.17) is 0 Å². The van der Waals surface area contributed by atoms with Gasteiger partial charge in [-0.1, -0.05) is 97.3 Å². The number of nitrogens with zero attached hydrogens (tertiary/aromatic N) is 2. The Balaban J connectivity index is 0.00000529. The molecule has 0 saturated heterocycles. The third-order valence-corrected chi connectivity index (χ3v) is 5.04. The Bertz CT molecular complexity index is 376. The van der Waals surface area contributed by atoms with E-state index in [-0.39, 0.29) is 12.4 Å². The zero-order valence-corrected chi connectivity index (χ0v) is 17.3. The molecule has 0 N–H and O–H groups in total. The molecule has 2 nitrogen and oxygen atoms in total. The van der Waals surface area contributed by atoms with Crippen LogP contribution >= 0.6 is 12.4 Å². The quantitative estimate of drug-likeness (QED) is 0.299. The average Bonchev–Trinajstić information content (AvgIpc) is 2.98. The van der Waals surface area contributed by atoms with Crippen LogP contribution in [0.25, 0.3) is 0 Å². The van der Waals surface area contributed by atoms with Crippen molar-refractivity contribution in [1.82, 2.24) is 9.55 Å². The molecule has 0 aliphatic heterocycles. The number of halogens is 1. The van der Waals surface area contributed by atoms with Crippen molar-refractivity contribution in [2.24, 2.45) is 7.05 Å². The Morgan fingerprint density at radius 1 is 0.833 bits per heavy atom. The Hall–Kier alpha value is -0.500. The third kappa shape index (κ3) is 11.1. The lowest BCUT2D eigenvalue weighted by Crippen LogP contribution is -2.02. The molecule has 1 heterocycles. The zero-order valence-electron chi connectivity index (χ0n) is 16.4. The minimum absolute atomic E-state index is 0. The lowest BCUT2D eigenvalue weighted by Gasteiger charge is -2.11. The first-order valence-corrected chi connectivity index (χ1v) is 10.2. The van der Waals surface area contributed by atoms with E-state index in [2.05, 4.69) is 36.6 Å². The summed E-state index contributed by atoms with van der Waals surface area (Å²) in [6, 6.07) is 0. The largest absolute Gasteiger partial charge is 0.338 e. The molecule has 0 aromatic carbocycles. The van der Waals surface area contributed by atoms with Crippen LogP contribution < -0.4 is 0 Å². The molecule has 0 amide bonds. The second-order valence-corrected chi connectivity index (χ2v) is 7.33. The molecule has 1 aromatic rings. The highest BCUT2D eigenvalue weighted by atomic mass is 35.5. The molecule has 1 aromatic heterocycles. The number of aromatic nitrogens is 2. The predicted octanol–water partition coefficient (Wildman–Crippen LogP) is 7.43. The average molecular weight is 357 g/mol. The van der Waals surface area contributed by atoms with Crippen molar-refractivity contribution in [3.63, 3.8) is 0 Å². The van der Waals surface area contributed by atoms with Crippen LogP contribution in [0.5, 0.6) is 0 Å². The number of hydrogen-bond acceptors (Lipinski definition) is 1. The van der Waals surface area contributed by atoms with Gasteiger partial charge in [0.1, 0.15) is 5.82 Å². The van der Waals surface area contributed by atoms with E-state index in [1.807, 2.05) is 6.20 Å². The second-order valence-electron chi connectivity index (χ2n) is 7.33. The molecule has 0 fully saturated rings. The van der Waals surface area contributed by atoms with E-state index < -0.39 is 0 Å². The first-order chi connectivity index (χ1) is 11.3. The van der Waals surface area contributed by atoms with Crippen LogP contribution in [-0.2, 0) is 7.05 Å². The van der Waals surface area contributed by atoms with Crippen LogP contribution in [0.2, 0.25) is 0 Å². The fourth-order valence-corrected chi connectivity index (χ4v) is 3.45. The van der Waals surface area contributed by atoms with Gasteiger partial charge in [-0.15, -0.1) is 12.4 Å². The maximum atomic E-state index is 4.46. The van der Waals surface area contributed by atoms with Crippen molar-refractivity contribution < 1.29 is 0 Å². The molecule has 1 rings (SSSR count). The summed E-state index contributed by atoms with van der Waals surface area (Å²) in [5.74, 6) is 1.84. The van der Waals surface area contributed by atoms with E-state index in [9.17, 15) is 0 Å². The Morgan fingerprint density at radius 2 is 1.29 bits per heavy atom. The molecule has 0 bridgehead atoms. The molecule has 1 unspecified atom stereocenters. The van der Waals surface area contributed by atoms with E-state index in [0.717, 1.165) is 0 Å². The Morgan fingerprint density at radius 3 is 1.71 bits per heavy atom. The van der Waals surface area contributed by atoms with Crippen LogP contribution in [0.4, 0.5) is 0 Å². The van der Waals surface area contributed by atoms with E-state index in [1.54, 1.807) is 0 Å². The molecule has 0 aliphatic rings. The normalized spacial score (nSPS) is 12.1. The van der Waals surface area contributed by atoms with Gasteiger partial charge in [-0.25, -0.2) is 4.98 Å². The van der Waals surface area contributed by atoms with Crippen LogP contribution in [0, 0.1) is 0 Å². The molecule has 0 saturated carbocycles. The van der Waals surface area contributed by atoms with Gasteiger partial charge in [0.05, 0.1) is 0 Å². The number of imidazole rings is 1. The van der Waals surface area contributed by atoms with E-state index >= 15 is 0 Å². The molecule has 0 spiro atoms. The minimum Gasteiger partial charge on any atom is -0.338 e. The number of unbranched alkanes of at least 4 members (excludes halogenated alkanes) is 12. The summed E-state index contributed by atoms with van der Waals surface area (Å²) >= 11 is 0. The van der Waals surface area contributed by atoms with Gasteiger partial charge in [-0.3, -0.25) is 0 Å². The lowest BCUT2D eigenvalue weighted by molar-refractivity contribution is 0.517. The number of aryl methyl sites for hydroxylation is 1. The van der Waals surface area contributed by atoms with Crippen molar-refractivity contribution in [2.45, 2.75) is 110 Å². The van der Waals surface area contributed by atoms with Crippen LogP contribution in [0.1, 0.15) is 115 Å². The summed E-state index contributed by atoms with van der Waals surface area (Å²) in [5.41, 5.74) is 0. The van der Waals surface area contributed by atoms with Gasteiger partial charge >= 0.3 is 0 Å². The van der Waals surface area contributed by atoms with Gasteiger partial charge in [-0.2, -0.15) is 0 Å². The third-order valence-electron chi connectivity index (χ3n) is 5.04. The van der Waals surface area contributed by atoms with Crippen LogP contribution in [0.3, 0.4) is 0 Å². The summed E-state index contributed by atoms with van der Waals surface area (Å²) in [4.78, 5) is 4.46. The summed E-state index contributed by atoms with van der Waals surface area (Å²) < 4.78 is 2.16. The predicted molar refractivity (Wildman–Crippen MR) is 109 cm³/mol. The highest BCUT2D eigenvalue weighted by molar-refractivity contribution is 5.85. The molecule has 3 heteroatoms. The maximum Gasteiger partial charge on any atom is 0.111 e. The maximum absolute atomic E-state index is 4.46. The van der Waals surface area contributed by atoms with Gasteiger partial charge in [-0.05, 0) is 6.42 Å². The number of hydrogen-bond donors (Lipinski definition) is 0. The molecular weight excluding hydrogens is 316 g/mol. The first kappa shape index (κ1) is 23.5. The molecule has 24 heavy (non-hydrogen) atoms. The van der Waals surface area contributed by atoms with Crippen LogP contribution in [-0.4, -0.2) is 9.55 Å². The minimum atomic E-state index is 0.